The van der Waals surface area contributed by atoms with E-state index in [1.807, 2.05) is 0 Å². The highest BCUT2D eigenvalue weighted by Crippen LogP contribution is 2.26. The van der Waals surface area contributed by atoms with Gasteiger partial charge in [0, 0.05) is 24.0 Å². The molecule has 0 N–H and O–H groups in total. The van der Waals surface area contributed by atoms with Gasteiger partial charge in [-0.05, 0) is 12.8 Å². The maximum absolute atomic E-state index is 13.5. The fraction of sp³-hybridized carbons (Fsp3) is 0.235. The third-order valence-corrected chi connectivity index (χ3v) is 3.91. The molecule has 0 bridgehead atoms. The first-order valence-electron chi connectivity index (χ1n) is 7.51. The summed E-state index contributed by atoms with van der Waals surface area (Å²) in [4.78, 5) is 11.7. The van der Waals surface area contributed by atoms with E-state index in [2.05, 4.69) is 0 Å². The van der Waals surface area contributed by atoms with Crippen molar-refractivity contribution in [2.45, 2.75) is 25.7 Å². The third kappa shape index (κ3) is 3.83. The van der Waals surface area contributed by atoms with E-state index in [9.17, 15) is 48.7 Å². The minimum absolute atomic E-state index is 0.798. The zero-order valence-electron chi connectivity index (χ0n) is 13.5. The van der Waals surface area contributed by atoms with Gasteiger partial charge in [-0.2, -0.15) is 0 Å². The summed E-state index contributed by atoms with van der Waals surface area (Å²) in [5.41, 5.74) is -2.53. The quantitative estimate of drug-likeness (QED) is 0.358. The molecule has 0 amide bonds. The summed E-state index contributed by atoms with van der Waals surface area (Å²) in [5.74, 6) is -23.1. The van der Waals surface area contributed by atoms with Crippen molar-refractivity contribution in [1.29, 1.82) is 0 Å². The zero-order chi connectivity index (χ0) is 21.3. The second-order valence-corrected chi connectivity index (χ2v) is 5.64. The summed E-state index contributed by atoms with van der Waals surface area (Å²) in [7, 11) is 0. The first-order chi connectivity index (χ1) is 13.0. The molecule has 2 aromatic rings. The van der Waals surface area contributed by atoms with Gasteiger partial charge in [0.15, 0.2) is 46.5 Å². The summed E-state index contributed by atoms with van der Waals surface area (Å²) < 4.78 is 132. The van der Waals surface area contributed by atoms with Crippen LogP contribution in [0.5, 0.6) is 0 Å². The van der Waals surface area contributed by atoms with Crippen LogP contribution in [0, 0.1) is 58.2 Å². The largest absolute Gasteiger partial charge is 0.300 e. The van der Waals surface area contributed by atoms with Crippen molar-refractivity contribution in [2.24, 2.45) is 0 Å². The van der Waals surface area contributed by atoms with Gasteiger partial charge in [0.1, 0.15) is 5.78 Å². The van der Waals surface area contributed by atoms with Crippen LogP contribution in [0.25, 0.3) is 0 Å². The van der Waals surface area contributed by atoms with Gasteiger partial charge < -0.3 is 0 Å². The molecule has 0 aromatic heterocycles. The summed E-state index contributed by atoms with van der Waals surface area (Å²) in [6.07, 6.45) is -3.45. The number of halogens is 10. The topological polar surface area (TPSA) is 17.1 Å². The molecule has 0 saturated heterocycles. The zero-order valence-corrected chi connectivity index (χ0v) is 13.5. The molecule has 0 heterocycles. The lowest BCUT2D eigenvalue weighted by Crippen LogP contribution is -2.11. The Kier molecular flexibility index (Phi) is 6.35. The molecule has 11 heteroatoms. The van der Waals surface area contributed by atoms with Crippen LogP contribution in [0.4, 0.5) is 43.9 Å². The molecule has 152 valence electrons. The number of benzene rings is 2. The van der Waals surface area contributed by atoms with Crippen LogP contribution in [0.2, 0.25) is 0 Å². The van der Waals surface area contributed by atoms with E-state index in [0.717, 1.165) is 0 Å². The van der Waals surface area contributed by atoms with Crippen molar-refractivity contribution < 1.29 is 48.7 Å². The Morgan fingerprint density at radius 3 is 0.893 bits per heavy atom. The molecular weight excluding hydrogens is 410 g/mol. The standard InChI is InChI=1S/C17H8F10O/c18-8-6(9(19)13(23)16(26)12(8)22)3-1-5(28)2-4-7-10(20)14(24)17(27)15(25)11(7)21/h1-4H2. The predicted octanol–water partition coefficient (Wildman–Crippen LogP) is 5.21. The highest BCUT2D eigenvalue weighted by molar-refractivity contribution is 5.78. The summed E-state index contributed by atoms with van der Waals surface area (Å²) in [5, 5.41) is 0. The highest BCUT2D eigenvalue weighted by atomic mass is 19.2. The molecule has 0 saturated carbocycles. The van der Waals surface area contributed by atoms with Crippen LogP contribution in [0.15, 0.2) is 0 Å². The monoisotopic (exact) mass is 418 g/mol. The lowest BCUT2D eigenvalue weighted by molar-refractivity contribution is -0.119. The maximum Gasteiger partial charge on any atom is 0.200 e. The van der Waals surface area contributed by atoms with Gasteiger partial charge >= 0.3 is 0 Å². The number of rotatable bonds is 6. The molecule has 2 rings (SSSR count). The van der Waals surface area contributed by atoms with Crippen LogP contribution in [0.3, 0.4) is 0 Å². The van der Waals surface area contributed by atoms with E-state index in [4.69, 9.17) is 0 Å². The van der Waals surface area contributed by atoms with E-state index in [-0.39, 0.29) is 0 Å². The van der Waals surface area contributed by atoms with Gasteiger partial charge in [0.05, 0.1) is 0 Å². The molecule has 28 heavy (non-hydrogen) atoms. The van der Waals surface area contributed by atoms with Crippen molar-refractivity contribution in [3.8, 4) is 0 Å². The van der Waals surface area contributed by atoms with Gasteiger partial charge in [0.25, 0.3) is 0 Å². The van der Waals surface area contributed by atoms with Crippen molar-refractivity contribution in [3.63, 3.8) is 0 Å². The molecule has 0 aliphatic carbocycles. The Bertz CT molecular complexity index is 820. The summed E-state index contributed by atoms with van der Waals surface area (Å²) in [6, 6.07) is 0. The number of carbonyl (C=O) groups excluding carboxylic acids is 1. The van der Waals surface area contributed by atoms with Crippen molar-refractivity contribution in [3.05, 3.63) is 69.3 Å². The molecule has 0 aliphatic rings. The first kappa shape index (κ1) is 21.7. The van der Waals surface area contributed by atoms with Gasteiger partial charge in [-0.25, -0.2) is 43.9 Å². The van der Waals surface area contributed by atoms with Crippen molar-refractivity contribution >= 4 is 5.78 Å². The van der Waals surface area contributed by atoms with E-state index < -0.39 is 101 Å². The maximum atomic E-state index is 13.5. The fourth-order valence-electron chi connectivity index (χ4n) is 2.39. The molecule has 0 aliphatic heterocycles. The van der Waals surface area contributed by atoms with Crippen molar-refractivity contribution in [2.75, 3.05) is 0 Å². The average molecular weight is 418 g/mol. The Morgan fingerprint density at radius 2 is 0.643 bits per heavy atom. The Morgan fingerprint density at radius 1 is 0.429 bits per heavy atom. The average Bonchev–Trinajstić information content (AvgIpc) is 2.67. The van der Waals surface area contributed by atoms with E-state index in [1.165, 1.54) is 0 Å². The number of ketones is 1. The SMILES string of the molecule is O=C(CCc1c(F)c(F)c(F)c(F)c1F)CCc1c(F)c(F)c(F)c(F)c1F. The fourth-order valence-corrected chi connectivity index (χ4v) is 2.39. The van der Waals surface area contributed by atoms with Crippen LogP contribution in [-0.2, 0) is 17.6 Å². The Labute approximate surface area is 150 Å². The smallest absolute Gasteiger partial charge is 0.200 e. The lowest BCUT2D eigenvalue weighted by Gasteiger charge is -2.09. The predicted molar refractivity (Wildman–Crippen MR) is 74.1 cm³/mol. The number of hydrogen-bond acceptors (Lipinski definition) is 1. The second kappa shape index (κ2) is 8.19. The Hall–Kier alpha value is -2.59. The van der Waals surface area contributed by atoms with Crippen LogP contribution in [0.1, 0.15) is 24.0 Å². The molecule has 2 aromatic carbocycles. The summed E-state index contributed by atoms with van der Waals surface area (Å²) >= 11 is 0. The van der Waals surface area contributed by atoms with Crippen LogP contribution < -0.4 is 0 Å². The number of carbonyl (C=O) groups is 1. The molecule has 0 radical (unpaired) electrons. The van der Waals surface area contributed by atoms with E-state index in [0.29, 0.717) is 0 Å². The van der Waals surface area contributed by atoms with Gasteiger partial charge in [-0.15, -0.1) is 0 Å². The van der Waals surface area contributed by atoms with Crippen molar-refractivity contribution in [1.82, 2.24) is 0 Å². The Balaban J connectivity index is 2.12. The van der Waals surface area contributed by atoms with Gasteiger partial charge in [0.2, 0.25) is 11.6 Å². The van der Waals surface area contributed by atoms with Gasteiger partial charge in [-0.3, -0.25) is 4.79 Å². The van der Waals surface area contributed by atoms with E-state index in [1.54, 1.807) is 0 Å². The molecule has 0 unspecified atom stereocenters. The van der Waals surface area contributed by atoms with Crippen LogP contribution in [-0.4, -0.2) is 5.78 Å². The number of Topliss-reactive ketones (excluding diaryl/α,β-unsaturated/α-hetero) is 1. The third-order valence-electron chi connectivity index (χ3n) is 3.91. The second-order valence-electron chi connectivity index (χ2n) is 5.64. The first-order valence-corrected chi connectivity index (χ1v) is 7.51. The molecule has 0 fully saturated rings. The number of hydrogen-bond donors (Lipinski definition) is 0. The summed E-state index contributed by atoms with van der Waals surface area (Å²) in [6.45, 7) is 0. The highest BCUT2D eigenvalue weighted by Gasteiger charge is 2.27. The van der Waals surface area contributed by atoms with Gasteiger partial charge in [-0.1, -0.05) is 0 Å². The molecule has 0 atom stereocenters. The molecule has 0 spiro atoms. The lowest BCUT2D eigenvalue weighted by atomic mass is 10.0. The minimum Gasteiger partial charge on any atom is -0.300 e. The van der Waals surface area contributed by atoms with E-state index >= 15 is 0 Å². The minimum atomic E-state index is -2.38. The molecule has 1 nitrogen and oxygen atoms in total. The van der Waals surface area contributed by atoms with Crippen LogP contribution >= 0.6 is 0 Å². The molecular formula is C17H8F10O. The normalized spacial score (nSPS) is 11.2.